The number of hydrogen-bond donors (Lipinski definition) is 1. The molecule has 0 aromatic heterocycles. The highest BCUT2D eigenvalue weighted by Gasteiger charge is 2.17. The molecular formula is C12H16ClNO2. The van der Waals surface area contributed by atoms with E-state index in [4.69, 9.17) is 22.1 Å². The highest BCUT2D eigenvalue weighted by molar-refractivity contribution is 6.32. The molecule has 0 bridgehead atoms. The van der Waals surface area contributed by atoms with Gasteiger partial charge in [-0.25, -0.2) is 0 Å². The lowest BCUT2D eigenvalue weighted by molar-refractivity contribution is 0.0967. The standard InChI is InChI=1S/C12H16ClNO2/c1-4-8-5-11(16-3)10(13)6-9(8)12(15)7(2)14/h5-7H,4,14H2,1-3H3. The van der Waals surface area contributed by atoms with Crippen molar-refractivity contribution in [2.24, 2.45) is 5.73 Å². The van der Waals surface area contributed by atoms with E-state index in [0.717, 1.165) is 12.0 Å². The van der Waals surface area contributed by atoms with Gasteiger partial charge in [0.15, 0.2) is 5.78 Å². The van der Waals surface area contributed by atoms with Crippen molar-refractivity contribution in [3.05, 3.63) is 28.3 Å². The number of benzene rings is 1. The molecule has 3 nitrogen and oxygen atoms in total. The van der Waals surface area contributed by atoms with Crippen LogP contribution in [0.5, 0.6) is 5.75 Å². The number of ketones is 1. The molecule has 2 N–H and O–H groups in total. The molecule has 0 saturated heterocycles. The van der Waals surface area contributed by atoms with Gasteiger partial charge in [0, 0.05) is 5.56 Å². The van der Waals surface area contributed by atoms with E-state index in [1.165, 1.54) is 0 Å². The minimum Gasteiger partial charge on any atom is -0.495 e. The first-order valence-corrected chi connectivity index (χ1v) is 5.55. The Morgan fingerprint density at radius 3 is 2.62 bits per heavy atom. The van der Waals surface area contributed by atoms with E-state index in [2.05, 4.69) is 0 Å². The maximum absolute atomic E-state index is 11.9. The first-order chi connectivity index (χ1) is 7.51. The van der Waals surface area contributed by atoms with E-state index < -0.39 is 6.04 Å². The lowest BCUT2D eigenvalue weighted by atomic mass is 9.98. The third-order valence-corrected chi connectivity index (χ3v) is 2.73. The average Bonchev–Trinajstić information content (AvgIpc) is 2.27. The zero-order valence-corrected chi connectivity index (χ0v) is 10.5. The van der Waals surface area contributed by atoms with E-state index in [-0.39, 0.29) is 5.78 Å². The van der Waals surface area contributed by atoms with Crippen LogP contribution in [0.2, 0.25) is 5.02 Å². The van der Waals surface area contributed by atoms with Crippen LogP contribution in [0, 0.1) is 0 Å². The third kappa shape index (κ3) is 2.54. The van der Waals surface area contributed by atoms with Gasteiger partial charge in [-0.05, 0) is 31.0 Å². The zero-order chi connectivity index (χ0) is 12.3. The highest BCUT2D eigenvalue weighted by atomic mass is 35.5. The van der Waals surface area contributed by atoms with Crippen molar-refractivity contribution >= 4 is 17.4 Å². The van der Waals surface area contributed by atoms with Crippen LogP contribution in [0.4, 0.5) is 0 Å². The fraction of sp³-hybridized carbons (Fsp3) is 0.417. The first kappa shape index (κ1) is 13.0. The summed E-state index contributed by atoms with van der Waals surface area (Å²) in [4.78, 5) is 11.9. The Hall–Kier alpha value is -1.06. The Morgan fingerprint density at radius 1 is 1.56 bits per heavy atom. The smallest absolute Gasteiger partial charge is 0.179 e. The topological polar surface area (TPSA) is 52.3 Å². The molecule has 16 heavy (non-hydrogen) atoms. The van der Waals surface area contributed by atoms with Gasteiger partial charge < -0.3 is 10.5 Å². The van der Waals surface area contributed by atoms with Crippen molar-refractivity contribution in [3.8, 4) is 5.75 Å². The zero-order valence-electron chi connectivity index (χ0n) is 9.71. The van der Waals surface area contributed by atoms with Crippen LogP contribution >= 0.6 is 11.6 Å². The molecule has 1 aromatic carbocycles. The summed E-state index contributed by atoms with van der Waals surface area (Å²) in [6, 6.07) is 2.90. The number of ether oxygens (including phenoxy) is 1. The van der Waals surface area contributed by atoms with Gasteiger partial charge in [-0.1, -0.05) is 18.5 Å². The molecule has 1 atom stereocenters. The number of carbonyl (C=O) groups excluding carboxylic acids is 1. The van der Waals surface area contributed by atoms with Gasteiger partial charge in [-0.3, -0.25) is 4.79 Å². The van der Waals surface area contributed by atoms with Crippen molar-refractivity contribution in [2.45, 2.75) is 26.3 Å². The van der Waals surface area contributed by atoms with Crippen LogP contribution in [0.1, 0.15) is 29.8 Å². The van der Waals surface area contributed by atoms with E-state index in [1.54, 1.807) is 26.2 Å². The molecule has 0 amide bonds. The minimum atomic E-state index is -0.519. The molecule has 1 aromatic rings. The number of hydrogen-bond acceptors (Lipinski definition) is 3. The van der Waals surface area contributed by atoms with Gasteiger partial charge in [0.1, 0.15) is 5.75 Å². The van der Waals surface area contributed by atoms with Crippen molar-refractivity contribution in [2.75, 3.05) is 7.11 Å². The van der Waals surface area contributed by atoms with Gasteiger partial charge in [-0.15, -0.1) is 0 Å². The maximum atomic E-state index is 11.9. The van der Waals surface area contributed by atoms with Crippen molar-refractivity contribution in [1.29, 1.82) is 0 Å². The normalized spacial score (nSPS) is 12.3. The molecule has 1 unspecified atom stereocenters. The number of halogens is 1. The van der Waals surface area contributed by atoms with Gasteiger partial charge in [-0.2, -0.15) is 0 Å². The number of carbonyl (C=O) groups is 1. The molecule has 4 heteroatoms. The summed E-state index contributed by atoms with van der Waals surface area (Å²) < 4.78 is 5.11. The minimum absolute atomic E-state index is 0.0959. The molecular weight excluding hydrogens is 226 g/mol. The predicted octanol–water partition coefficient (Wildman–Crippen LogP) is 2.44. The average molecular weight is 242 g/mol. The Kier molecular flexibility index (Phi) is 4.33. The van der Waals surface area contributed by atoms with Gasteiger partial charge in [0.25, 0.3) is 0 Å². The van der Waals surface area contributed by atoms with Crippen molar-refractivity contribution in [1.82, 2.24) is 0 Å². The Bertz CT molecular complexity index is 402. The van der Waals surface area contributed by atoms with Gasteiger partial charge >= 0.3 is 0 Å². The van der Waals surface area contributed by atoms with Crippen LogP contribution in [0.25, 0.3) is 0 Å². The summed E-state index contributed by atoms with van der Waals surface area (Å²) in [6.07, 6.45) is 0.737. The highest BCUT2D eigenvalue weighted by Crippen LogP contribution is 2.29. The van der Waals surface area contributed by atoms with E-state index in [9.17, 15) is 4.79 Å². The first-order valence-electron chi connectivity index (χ1n) is 5.17. The predicted molar refractivity (Wildman–Crippen MR) is 65.4 cm³/mol. The fourth-order valence-electron chi connectivity index (χ4n) is 1.52. The maximum Gasteiger partial charge on any atom is 0.179 e. The Labute approximate surface area is 101 Å². The van der Waals surface area contributed by atoms with Crippen LogP contribution < -0.4 is 10.5 Å². The SMILES string of the molecule is CCc1cc(OC)c(Cl)cc1C(=O)C(C)N. The van der Waals surface area contributed by atoms with Crippen molar-refractivity contribution < 1.29 is 9.53 Å². The summed E-state index contributed by atoms with van der Waals surface area (Å²) in [5, 5.41) is 0.434. The second-order valence-electron chi connectivity index (χ2n) is 3.65. The second kappa shape index (κ2) is 5.32. The Morgan fingerprint density at radius 2 is 2.19 bits per heavy atom. The summed E-state index contributed by atoms with van der Waals surface area (Å²) >= 11 is 5.99. The summed E-state index contributed by atoms with van der Waals surface area (Å²) in [6.45, 7) is 3.64. The Balaban J connectivity index is 3.28. The van der Waals surface area contributed by atoms with Crippen LogP contribution in [0.3, 0.4) is 0 Å². The number of nitrogens with two attached hydrogens (primary N) is 1. The number of Topliss-reactive ketones (excluding diaryl/α,β-unsaturated/α-hetero) is 1. The molecule has 88 valence electrons. The quantitative estimate of drug-likeness (QED) is 0.824. The summed E-state index contributed by atoms with van der Waals surface area (Å²) in [5.74, 6) is 0.487. The molecule has 0 heterocycles. The third-order valence-electron chi connectivity index (χ3n) is 2.44. The molecule has 0 radical (unpaired) electrons. The number of methoxy groups -OCH3 is 1. The molecule has 0 aliphatic carbocycles. The van der Waals surface area contributed by atoms with Gasteiger partial charge in [0.05, 0.1) is 18.2 Å². The largest absolute Gasteiger partial charge is 0.495 e. The van der Waals surface area contributed by atoms with Gasteiger partial charge in [0.2, 0.25) is 0 Å². The van der Waals surface area contributed by atoms with E-state index in [1.807, 2.05) is 6.92 Å². The van der Waals surface area contributed by atoms with Crippen LogP contribution in [-0.2, 0) is 6.42 Å². The summed E-state index contributed by atoms with van der Waals surface area (Å²) in [5.41, 5.74) is 7.08. The molecule has 0 aliphatic rings. The fourth-order valence-corrected chi connectivity index (χ4v) is 1.76. The molecule has 1 rings (SSSR count). The molecule has 0 spiro atoms. The number of aryl methyl sites for hydroxylation is 1. The monoisotopic (exact) mass is 241 g/mol. The molecule has 0 saturated carbocycles. The number of rotatable bonds is 4. The lowest BCUT2D eigenvalue weighted by Gasteiger charge is -2.12. The van der Waals surface area contributed by atoms with E-state index in [0.29, 0.717) is 16.3 Å². The second-order valence-corrected chi connectivity index (χ2v) is 4.06. The van der Waals surface area contributed by atoms with Crippen molar-refractivity contribution in [3.63, 3.8) is 0 Å². The van der Waals surface area contributed by atoms with E-state index >= 15 is 0 Å². The summed E-state index contributed by atoms with van der Waals surface area (Å²) in [7, 11) is 1.55. The van der Waals surface area contributed by atoms with Crippen LogP contribution in [-0.4, -0.2) is 18.9 Å². The molecule has 0 aliphatic heterocycles. The molecule has 0 fully saturated rings. The van der Waals surface area contributed by atoms with Crippen LogP contribution in [0.15, 0.2) is 12.1 Å². The lowest BCUT2D eigenvalue weighted by Crippen LogP contribution is -2.27.